The molecule has 0 bridgehead atoms. The Labute approximate surface area is 94.9 Å². The van der Waals surface area contributed by atoms with Crippen LogP contribution in [-0.2, 0) is 4.74 Å². The lowest BCUT2D eigenvalue weighted by molar-refractivity contribution is 0.150. The number of hydrogen-bond donors (Lipinski definition) is 1. The van der Waals surface area contributed by atoms with Gasteiger partial charge in [0.15, 0.2) is 0 Å². The third kappa shape index (κ3) is 3.26. The smallest absolute Gasteiger partial charge is 0.0693 e. The molecular weight excluding hydrogens is 210 g/mol. The minimum absolute atomic E-state index is 0.744. The average Bonchev–Trinajstić information content (AvgIpc) is 2.28. The van der Waals surface area contributed by atoms with Gasteiger partial charge >= 0.3 is 0 Å². The van der Waals surface area contributed by atoms with Crippen molar-refractivity contribution in [2.24, 2.45) is 0 Å². The fourth-order valence-electron chi connectivity index (χ4n) is 1.55. The van der Waals surface area contributed by atoms with Gasteiger partial charge in [0.05, 0.1) is 13.2 Å². The summed E-state index contributed by atoms with van der Waals surface area (Å²) in [6.07, 6.45) is 3.26. The summed E-state index contributed by atoms with van der Waals surface area (Å²) in [6, 6.07) is 7.74. The molecular formula is C12H14ClNO. The second-order valence-corrected chi connectivity index (χ2v) is 4.00. The largest absolute Gasteiger partial charge is 0.381 e. The van der Waals surface area contributed by atoms with E-state index in [1.165, 1.54) is 5.57 Å². The summed E-state index contributed by atoms with van der Waals surface area (Å²) in [5, 5.41) is 4.08. The van der Waals surface area contributed by atoms with Gasteiger partial charge in [-0.05, 0) is 30.2 Å². The Morgan fingerprint density at radius 3 is 3.07 bits per heavy atom. The average molecular weight is 224 g/mol. The maximum absolute atomic E-state index is 5.89. The Morgan fingerprint density at radius 2 is 2.33 bits per heavy atom. The highest BCUT2D eigenvalue weighted by atomic mass is 35.5. The molecule has 1 heterocycles. The van der Waals surface area contributed by atoms with Crippen LogP contribution < -0.4 is 5.32 Å². The van der Waals surface area contributed by atoms with Crippen LogP contribution in [0.2, 0.25) is 5.02 Å². The van der Waals surface area contributed by atoms with Gasteiger partial charge in [0.25, 0.3) is 0 Å². The Kier molecular flexibility index (Phi) is 3.64. The Hall–Kier alpha value is -0.990. The van der Waals surface area contributed by atoms with Gasteiger partial charge in [-0.3, -0.25) is 0 Å². The molecule has 80 valence electrons. The first-order valence-corrected chi connectivity index (χ1v) is 5.47. The fraction of sp³-hybridized carbons (Fsp3) is 0.333. The van der Waals surface area contributed by atoms with E-state index >= 15 is 0 Å². The van der Waals surface area contributed by atoms with E-state index in [1.807, 2.05) is 24.3 Å². The second kappa shape index (κ2) is 5.19. The van der Waals surface area contributed by atoms with Gasteiger partial charge in [-0.15, -0.1) is 0 Å². The van der Waals surface area contributed by atoms with Gasteiger partial charge in [0.2, 0.25) is 0 Å². The normalized spacial score (nSPS) is 15.9. The number of rotatable bonds is 3. The second-order valence-electron chi connectivity index (χ2n) is 3.57. The molecule has 15 heavy (non-hydrogen) atoms. The molecule has 0 aliphatic carbocycles. The predicted octanol–water partition coefficient (Wildman–Crippen LogP) is 3.10. The molecule has 0 aromatic heterocycles. The van der Waals surface area contributed by atoms with E-state index in [4.69, 9.17) is 16.3 Å². The van der Waals surface area contributed by atoms with Crippen LogP contribution in [0, 0.1) is 0 Å². The van der Waals surface area contributed by atoms with Crippen LogP contribution >= 0.6 is 11.6 Å². The molecule has 3 heteroatoms. The van der Waals surface area contributed by atoms with E-state index in [9.17, 15) is 0 Å². The van der Waals surface area contributed by atoms with Gasteiger partial charge in [-0.1, -0.05) is 23.7 Å². The molecule has 0 saturated carbocycles. The molecule has 1 aromatic rings. The highest BCUT2D eigenvalue weighted by Gasteiger charge is 2.03. The topological polar surface area (TPSA) is 21.3 Å². The summed E-state index contributed by atoms with van der Waals surface area (Å²) < 4.78 is 5.36. The molecule has 0 atom stereocenters. The number of hydrogen-bond acceptors (Lipinski definition) is 2. The number of ether oxygens (including phenoxy) is 1. The van der Waals surface area contributed by atoms with Crippen LogP contribution in [0.25, 0.3) is 0 Å². The first-order valence-electron chi connectivity index (χ1n) is 5.10. The molecule has 0 fully saturated rings. The number of benzene rings is 1. The van der Waals surface area contributed by atoms with Crippen molar-refractivity contribution in [2.45, 2.75) is 6.42 Å². The van der Waals surface area contributed by atoms with Crippen LogP contribution in [0.15, 0.2) is 35.9 Å². The lowest BCUT2D eigenvalue weighted by Crippen LogP contribution is -2.13. The zero-order valence-electron chi connectivity index (χ0n) is 8.50. The van der Waals surface area contributed by atoms with Gasteiger partial charge in [-0.25, -0.2) is 0 Å². The molecule has 1 aliphatic heterocycles. The maximum atomic E-state index is 5.89. The lowest BCUT2D eigenvalue weighted by Gasteiger charge is -2.14. The predicted molar refractivity (Wildman–Crippen MR) is 63.5 cm³/mol. The SMILES string of the molecule is Clc1cccc(NCC2=CCCOC2)c1. The summed E-state index contributed by atoms with van der Waals surface area (Å²) in [7, 11) is 0. The minimum Gasteiger partial charge on any atom is -0.381 e. The molecule has 0 unspecified atom stereocenters. The number of anilines is 1. The zero-order chi connectivity index (χ0) is 10.5. The van der Waals surface area contributed by atoms with E-state index < -0.39 is 0 Å². The summed E-state index contributed by atoms with van der Waals surface area (Å²) in [5.74, 6) is 0. The summed E-state index contributed by atoms with van der Waals surface area (Å²) in [5.41, 5.74) is 2.36. The Balaban J connectivity index is 1.90. The van der Waals surface area contributed by atoms with Gasteiger partial charge in [0, 0.05) is 17.3 Å². The molecule has 0 saturated heterocycles. The molecule has 0 radical (unpaired) electrons. The lowest BCUT2D eigenvalue weighted by atomic mass is 10.2. The highest BCUT2D eigenvalue weighted by molar-refractivity contribution is 6.30. The minimum atomic E-state index is 0.744. The van der Waals surface area contributed by atoms with Crippen molar-refractivity contribution >= 4 is 17.3 Å². The zero-order valence-corrected chi connectivity index (χ0v) is 9.26. The standard InChI is InChI=1S/C12H14ClNO/c13-11-4-1-5-12(7-11)14-8-10-3-2-6-15-9-10/h1,3-5,7,14H,2,6,8-9H2. The third-order valence-electron chi connectivity index (χ3n) is 2.33. The first kappa shape index (κ1) is 10.5. The first-order chi connectivity index (χ1) is 7.34. The van der Waals surface area contributed by atoms with Gasteiger partial charge in [0.1, 0.15) is 0 Å². The fourth-order valence-corrected chi connectivity index (χ4v) is 1.74. The van der Waals surface area contributed by atoms with Gasteiger partial charge in [-0.2, -0.15) is 0 Å². The molecule has 0 spiro atoms. The van der Waals surface area contributed by atoms with E-state index in [-0.39, 0.29) is 0 Å². The monoisotopic (exact) mass is 223 g/mol. The van der Waals surface area contributed by atoms with E-state index in [0.29, 0.717) is 0 Å². The van der Waals surface area contributed by atoms with Crippen LogP contribution in [0.3, 0.4) is 0 Å². The summed E-state index contributed by atoms with van der Waals surface area (Å²) >= 11 is 5.89. The van der Waals surface area contributed by atoms with Crippen molar-refractivity contribution < 1.29 is 4.74 Å². The molecule has 2 rings (SSSR count). The van der Waals surface area contributed by atoms with E-state index in [1.54, 1.807) is 0 Å². The van der Waals surface area contributed by atoms with Crippen molar-refractivity contribution in [1.82, 2.24) is 0 Å². The molecule has 2 nitrogen and oxygen atoms in total. The van der Waals surface area contributed by atoms with Crippen molar-refractivity contribution in [3.05, 3.63) is 40.9 Å². The van der Waals surface area contributed by atoms with Crippen LogP contribution in [0.1, 0.15) is 6.42 Å². The summed E-state index contributed by atoms with van der Waals surface area (Å²) in [4.78, 5) is 0. The van der Waals surface area contributed by atoms with Crippen LogP contribution in [0.5, 0.6) is 0 Å². The molecule has 0 amide bonds. The summed E-state index contributed by atoms with van der Waals surface area (Å²) in [6.45, 7) is 2.43. The van der Waals surface area contributed by atoms with E-state index in [0.717, 1.165) is 36.9 Å². The van der Waals surface area contributed by atoms with Crippen LogP contribution in [0.4, 0.5) is 5.69 Å². The molecule has 1 aromatic carbocycles. The third-order valence-corrected chi connectivity index (χ3v) is 2.56. The Bertz CT molecular complexity index is 362. The molecule has 1 aliphatic rings. The van der Waals surface area contributed by atoms with Crippen molar-refractivity contribution in [3.8, 4) is 0 Å². The van der Waals surface area contributed by atoms with Crippen molar-refractivity contribution in [2.75, 3.05) is 25.1 Å². The van der Waals surface area contributed by atoms with Crippen LogP contribution in [-0.4, -0.2) is 19.8 Å². The highest BCUT2D eigenvalue weighted by Crippen LogP contribution is 2.15. The van der Waals surface area contributed by atoms with Crippen molar-refractivity contribution in [3.63, 3.8) is 0 Å². The molecule has 1 N–H and O–H groups in total. The van der Waals surface area contributed by atoms with Crippen molar-refractivity contribution in [1.29, 1.82) is 0 Å². The van der Waals surface area contributed by atoms with Gasteiger partial charge < -0.3 is 10.1 Å². The van der Waals surface area contributed by atoms with E-state index in [2.05, 4.69) is 11.4 Å². The number of halogens is 1. The quantitative estimate of drug-likeness (QED) is 0.796. The Morgan fingerprint density at radius 1 is 1.40 bits per heavy atom. The maximum Gasteiger partial charge on any atom is 0.0693 e. The number of nitrogens with one attached hydrogen (secondary N) is 1.